The molecule has 0 radical (unpaired) electrons. The molecule has 1 aliphatic rings. The van der Waals surface area contributed by atoms with Crippen molar-refractivity contribution in [1.29, 1.82) is 0 Å². The van der Waals surface area contributed by atoms with E-state index in [2.05, 4.69) is 209 Å². The molecule has 4 heterocycles. The first-order valence-corrected chi connectivity index (χ1v) is 25.5. The summed E-state index contributed by atoms with van der Waals surface area (Å²) in [6.07, 6.45) is 0. The second-order valence-corrected chi connectivity index (χ2v) is 22.0. The highest BCUT2D eigenvalue weighted by Gasteiger charge is 2.40. The van der Waals surface area contributed by atoms with Gasteiger partial charge in [-0.2, -0.15) is 0 Å². The van der Waals surface area contributed by atoms with Gasteiger partial charge < -0.3 is 14.0 Å². The van der Waals surface area contributed by atoms with Crippen molar-refractivity contribution in [3.8, 4) is 45.5 Å². The number of rotatable bonds is 6. The molecule has 0 bridgehead atoms. The van der Waals surface area contributed by atoms with Crippen LogP contribution in [0, 0.1) is 0 Å². The number of aromatic nitrogens is 5. The smallest absolute Gasteiger partial charge is 0.164 e. The molecule has 0 fully saturated rings. The van der Waals surface area contributed by atoms with E-state index in [1.54, 1.807) is 0 Å². The minimum absolute atomic E-state index is 0.589. The SMILES string of the molecule is C[Si]1(C)c2ccccc2N(c2c(-n3c4ccccc4c4ccccc43)cc(-c3nc(-c4ccccc4)nc(-c4ccccc4)n3)cc2-n2c3ccccc3c3ccccc32)c2ccccc21. The Kier molecular flexibility index (Phi) is 8.57. The van der Waals surface area contributed by atoms with Gasteiger partial charge in [0, 0.05) is 49.6 Å². The molecule has 66 heavy (non-hydrogen) atoms. The molecule has 0 N–H and O–H groups in total. The highest BCUT2D eigenvalue weighted by molar-refractivity contribution is 7.02. The first-order chi connectivity index (χ1) is 32.5. The molecule has 7 heteroatoms. The molecule has 1 aliphatic heterocycles. The molecule has 9 aromatic carbocycles. The van der Waals surface area contributed by atoms with Crippen molar-refractivity contribution in [2.24, 2.45) is 0 Å². The number of para-hydroxylation sites is 6. The summed E-state index contributed by atoms with van der Waals surface area (Å²) in [6.45, 7) is 4.98. The average molecular weight is 863 g/mol. The Morgan fingerprint density at radius 2 is 0.636 bits per heavy atom. The van der Waals surface area contributed by atoms with Crippen molar-refractivity contribution in [2.45, 2.75) is 13.1 Å². The Labute approximate surface area is 383 Å². The van der Waals surface area contributed by atoms with Crippen molar-refractivity contribution >= 4 is 79.1 Å². The second kappa shape index (κ2) is 14.8. The molecule has 12 aromatic rings. The molecule has 3 aromatic heterocycles. The molecular weight excluding hydrogens is 821 g/mol. The maximum absolute atomic E-state index is 5.38. The van der Waals surface area contributed by atoms with Crippen LogP contribution in [0.4, 0.5) is 17.1 Å². The highest BCUT2D eigenvalue weighted by atomic mass is 28.3. The lowest BCUT2D eigenvalue weighted by atomic mass is 10.0. The highest BCUT2D eigenvalue weighted by Crippen LogP contribution is 2.49. The number of hydrogen-bond donors (Lipinski definition) is 0. The zero-order chi connectivity index (χ0) is 43.9. The van der Waals surface area contributed by atoms with E-state index in [1.165, 1.54) is 43.3 Å². The van der Waals surface area contributed by atoms with Crippen LogP contribution >= 0.6 is 0 Å². The van der Waals surface area contributed by atoms with Crippen LogP contribution in [0.2, 0.25) is 13.1 Å². The summed E-state index contributed by atoms with van der Waals surface area (Å²) in [7, 11) is -2.17. The Bertz CT molecular complexity index is 3520. The summed E-state index contributed by atoms with van der Waals surface area (Å²) in [4.78, 5) is 18.4. The molecule has 0 spiro atoms. The van der Waals surface area contributed by atoms with E-state index in [1.807, 2.05) is 36.4 Å². The fraction of sp³-hybridized carbons (Fsp3) is 0.0339. The van der Waals surface area contributed by atoms with Crippen molar-refractivity contribution in [3.05, 3.63) is 218 Å². The fourth-order valence-electron chi connectivity index (χ4n) is 10.5. The zero-order valence-corrected chi connectivity index (χ0v) is 37.5. The second-order valence-electron chi connectivity index (χ2n) is 17.6. The Morgan fingerprint density at radius 3 is 1.03 bits per heavy atom. The van der Waals surface area contributed by atoms with Crippen LogP contribution in [0.3, 0.4) is 0 Å². The van der Waals surface area contributed by atoms with Crippen LogP contribution in [0.15, 0.2) is 218 Å². The maximum Gasteiger partial charge on any atom is 0.164 e. The minimum Gasteiger partial charge on any atom is -0.307 e. The molecule has 0 unspecified atom stereocenters. The van der Waals surface area contributed by atoms with Gasteiger partial charge in [0.2, 0.25) is 0 Å². The number of fused-ring (bicyclic) bond motifs is 8. The summed E-state index contributed by atoms with van der Waals surface area (Å²) in [5.74, 6) is 1.82. The van der Waals surface area contributed by atoms with Crippen LogP contribution in [0.5, 0.6) is 0 Å². The fourth-order valence-corrected chi connectivity index (χ4v) is 13.5. The largest absolute Gasteiger partial charge is 0.307 e. The molecular formula is C59H42N6Si. The van der Waals surface area contributed by atoms with E-state index in [9.17, 15) is 0 Å². The van der Waals surface area contributed by atoms with E-state index < -0.39 is 8.07 Å². The van der Waals surface area contributed by atoms with Crippen molar-refractivity contribution in [1.82, 2.24) is 24.1 Å². The minimum atomic E-state index is -2.17. The van der Waals surface area contributed by atoms with Gasteiger partial charge in [-0.05, 0) is 58.9 Å². The zero-order valence-electron chi connectivity index (χ0n) is 36.5. The Balaban J connectivity index is 1.25. The summed E-state index contributed by atoms with van der Waals surface area (Å²) in [6, 6.07) is 78.5. The predicted octanol–water partition coefficient (Wildman–Crippen LogP) is 13.7. The van der Waals surface area contributed by atoms with E-state index in [0.717, 1.165) is 55.8 Å². The van der Waals surface area contributed by atoms with Gasteiger partial charge in [-0.15, -0.1) is 0 Å². The lowest BCUT2D eigenvalue weighted by Crippen LogP contribution is -2.58. The van der Waals surface area contributed by atoms with Gasteiger partial charge in [-0.1, -0.05) is 183 Å². The third-order valence-electron chi connectivity index (χ3n) is 13.5. The maximum atomic E-state index is 5.38. The summed E-state index contributed by atoms with van der Waals surface area (Å²) in [5, 5.41) is 7.54. The van der Waals surface area contributed by atoms with E-state index >= 15 is 0 Å². The molecule has 0 saturated carbocycles. The van der Waals surface area contributed by atoms with Crippen LogP contribution in [-0.2, 0) is 0 Å². The van der Waals surface area contributed by atoms with Crippen LogP contribution in [0.25, 0.3) is 89.2 Å². The predicted molar refractivity (Wildman–Crippen MR) is 276 cm³/mol. The Morgan fingerprint density at radius 1 is 0.318 bits per heavy atom. The van der Waals surface area contributed by atoms with Crippen LogP contribution < -0.4 is 15.3 Å². The molecule has 0 saturated heterocycles. The molecule has 6 nitrogen and oxygen atoms in total. The van der Waals surface area contributed by atoms with Gasteiger partial charge in [0.1, 0.15) is 8.07 Å². The van der Waals surface area contributed by atoms with Crippen LogP contribution in [-0.4, -0.2) is 32.2 Å². The third-order valence-corrected chi connectivity index (χ3v) is 17.1. The van der Waals surface area contributed by atoms with Gasteiger partial charge in [0.05, 0.1) is 39.1 Å². The van der Waals surface area contributed by atoms with Crippen molar-refractivity contribution in [3.63, 3.8) is 0 Å². The van der Waals surface area contributed by atoms with Crippen molar-refractivity contribution < 1.29 is 0 Å². The van der Waals surface area contributed by atoms with Gasteiger partial charge in [0.15, 0.2) is 17.5 Å². The van der Waals surface area contributed by atoms with Crippen molar-refractivity contribution in [2.75, 3.05) is 4.90 Å². The van der Waals surface area contributed by atoms with Crippen LogP contribution in [0.1, 0.15) is 0 Å². The number of anilines is 3. The number of nitrogens with zero attached hydrogens (tertiary/aromatic N) is 6. The quantitative estimate of drug-likeness (QED) is 0.156. The number of benzene rings is 9. The van der Waals surface area contributed by atoms with Gasteiger partial charge in [-0.25, -0.2) is 15.0 Å². The van der Waals surface area contributed by atoms with E-state index in [4.69, 9.17) is 15.0 Å². The van der Waals surface area contributed by atoms with Gasteiger partial charge in [-0.3, -0.25) is 0 Å². The molecule has 0 amide bonds. The average Bonchev–Trinajstić information content (AvgIpc) is 3.90. The topological polar surface area (TPSA) is 51.8 Å². The van der Waals surface area contributed by atoms with Gasteiger partial charge >= 0.3 is 0 Å². The van der Waals surface area contributed by atoms with E-state index in [-0.39, 0.29) is 0 Å². The first-order valence-electron chi connectivity index (χ1n) is 22.5. The summed E-state index contributed by atoms with van der Waals surface area (Å²) in [5.41, 5.74) is 12.7. The Hall–Kier alpha value is -8.39. The monoisotopic (exact) mass is 862 g/mol. The lowest BCUT2D eigenvalue weighted by Gasteiger charge is -2.42. The van der Waals surface area contributed by atoms with Gasteiger partial charge in [0.25, 0.3) is 0 Å². The molecule has 312 valence electrons. The summed E-state index contributed by atoms with van der Waals surface area (Å²) >= 11 is 0. The first kappa shape index (κ1) is 38.1. The molecule has 0 aliphatic carbocycles. The summed E-state index contributed by atoms with van der Waals surface area (Å²) < 4.78 is 4.95. The molecule has 0 atom stereocenters. The molecule has 13 rings (SSSR count). The lowest BCUT2D eigenvalue weighted by molar-refractivity contribution is 1.06. The third kappa shape index (κ3) is 5.76. The number of hydrogen-bond acceptors (Lipinski definition) is 4. The van der Waals surface area contributed by atoms with E-state index in [0.29, 0.717) is 17.5 Å². The standard InChI is InChI=1S/C59H42N6Si/c1-66(2)54-35-19-17-33-50(54)65(51-34-18-20-36-55(51)66)56-52(63-46-29-13-9-25-42(46)43-26-10-14-30-47(43)63)37-41(38-53(56)64-48-31-15-11-27-44(48)45-28-12-16-32-49(45)64)59-61-57(39-21-5-3-6-22-39)60-58(62-59)40-23-7-4-8-24-40/h3-38H,1-2H3. The normalized spacial score (nSPS) is 13.1.